The molecule has 0 bridgehead atoms. The highest BCUT2D eigenvalue weighted by atomic mass is 16.2. The molecule has 4 heteroatoms. The van der Waals surface area contributed by atoms with E-state index in [1.54, 1.807) is 12.1 Å². The summed E-state index contributed by atoms with van der Waals surface area (Å²) in [5.74, 6) is 0.109. The zero-order chi connectivity index (χ0) is 16.7. The van der Waals surface area contributed by atoms with Gasteiger partial charge in [-0.1, -0.05) is 51.3 Å². The molecule has 1 unspecified atom stereocenters. The van der Waals surface area contributed by atoms with Crippen LogP contribution in [0.2, 0.25) is 0 Å². The van der Waals surface area contributed by atoms with Crippen LogP contribution in [-0.2, 0) is 4.79 Å². The Morgan fingerprint density at radius 2 is 1.74 bits per heavy atom. The molecule has 126 valence electrons. The lowest BCUT2D eigenvalue weighted by Gasteiger charge is -2.26. The highest BCUT2D eigenvalue weighted by Crippen LogP contribution is 2.18. The lowest BCUT2D eigenvalue weighted by molar-refractivity contribution is -0.124. The molecular formula is C19H28N2O2. The molecule has 4 nitrogen and oxygen atoms in total. The second-order valence-electron chi connectivity index (χ2n) is 6.87. The number of rotatable bonds is 6. The Kier molecular flexibility index (Phi) is 6.63. The van der Waals surface area contributed by atoms with Crippen LogP contribution in [-0.4, -0.2) is 23.9 Å². The van der Waals surface area contributed by atoms with Gasteiger partial charge in [0.05, 0.1) is 0 Å². The summed E-state index contributed by atoms with van der Waals surface area (Å²) in [6, 6.07) is 8.85. The van der Waals surface area contributed by atoms with E-state index in [2.05, 4.69) is 24.5 Å². The molecule has 0 saturated heterocycles. The largest absolute Gasteiger partial charge is 0.352 e. The average molecular weight is 316 g/mol. The second kappa shape index (κ2) is 8.70. The molecule has 1 aromatic carbocycles. The van der Waals surface area contributed by atoms with Gasteiger partial charge in [-0.25, -0.2) is 0 Å². The lowest BCUT2D eigenvalue weighted by Crippen LogP contribution is -2.50. The molecule has 0 heterocycles. The molecule has 1 aliphatic rings. The summed E-state index contributed by atoms with van der Waals surface area (Å²) < 4.78 is 0. The van der Waals surface area contributed by atoms with Gasteiger partial charge in [-0.2, -0.15) is 0 Å². The third-order valence-electron chi connectivity index (χ3n) is 4.32. The summed E-state index contributed by atoms with van der Waals surface area (Å²) in [6.45, 7) is 4.13. The fourth-order valence-corrected chi connectivity index (χ4v) is 3.08. The molecule has 1 aromatic rings. The molecule has 0 aromatic heterocycles. The van der Waals surface area contributed by atoms with Gasteiger partial charge in [-0.3, -0.25) is 9.59 Å². The van der Waals surface area contributed by atoms with Crippen molar-refractivity contribution in [1.29, 1.82) is 0 Å². The maximum atomic E-state index is 12.6. The van der Waals surface area contributed by atoms with Crippen molar-refractivity contribution < 1.29 is 9.59 Å². The highest BCUT2D eigenvalue weighted by molar-refractivity contribution is 5.97. The average Bonchev–Trinajstić information content (AvgIpc) is 2.55. The fraction of sp³-hybridized carbons (Fsp3) is 0.579. The van der Waals surface area contributed by atoms with Gasteiger partial charge in [0.2, 0.25) is 5.91 Å². The summed E-state index contributed by atoms with van der Waals surface area (Å²) in [6.07, 6.45) is 6.36. The third kappa shape index (κ3) is 5.70. The van der Waals surface area contributed by atoms with Gasteiger partial charge in [0.25, 0.3) is 5.91 Å². The molecule has 2 rings (SSSR count). The van der Waals surface area contributed by atoms with Crippen LogP contribution in [0.15, 0.2) is 30.3 Å². The highest BCUT2D eigenvalue weighted by Gasteiger charge is 2.25. The smallest absolute Gasteiger partial charge is 0.251 e. The molecule has 1 saturated carbocycles. The lowest BCUT2D eigenvalue weighted by atomic mass is 9.94. The Morgan fingerprint density at radius 3 is 2.35 bits per heavy atom. The SMILES string of the molecule is CC(C)CC(NC(=O)c1ccccc1)C(=O)NC1CCCCC1. The first kappa shape index (κ1) is 17.5. The van der Waals surface area contributed by atoms with Crippen LogP contribution in [0.4, 0.5) is 0 Å². The van der Waals surface area contributed by atoms with Gasteiger partial charge in [0.1, 0.15) is 6.04 Å². The molecule has 1 aliphatic carbocycles. The Labute approximate surface area is 139 Å². The van der Waals surface area contributed by atoms with E-state index in [1.165, 1.54) is 19.3 Å². The zero-order valence-corrected chi connectivity index (χ0v) is 14.2. The number of hydrogen-bond donors (Lipinski definition) is 2. The van der Waals surface area contributed by atoms with Crippen molar-refractivity contribution in [3.63, 3.8) is 0 Å². The Hall–Kier alpha value is -1.84. The van der Waals surface area contributed by atoms with Gasteiger partial charge in [0, 0.05) is 11.6 Å². The minimum absolute atomic E-state index is 0.0464. The molecule has 2 N–H and O–H groups in total. The number of carbonyl (C=O) groups is 2. The van der Waals surface area contributed by atoms with Crippen LogP contribution in [0, 0.1) is 5.92 Å². The van der Waals surface area contributed by atoms with Crippen molar-refractivity contribution in [3.05, 3.63) is 35.9 Å². The predicted molar refractivity (Wildman–Crippen MR) is 92.2 cm³/mol. The molecule has 1 fully saturated rings. The van der Waals surface area contributed by atoms with Gasteiger partial charge >= 0.3 is 0 Å². The van der Waals surface area contributed by atoms with Crippen LogP contribution in [0.1, 0.15) is 62.7 Å². The minimum atomic E-state index is -0.468. The van der Waals surface area contributed by atoms with E-state index >= 15 is 0 Å². The Balaban J connectivity index is 1.97. The first-order valence-electron chi connectivity index (χ1n) is 8.72. The number of benzene rings is 1. The van der Waals surface area contributed by atoms with Gasteiger partial charge in [-0.05, 0) is 37.3 Å². The molecule has 2 amide bonds. The molecule has 23 heavy (non-hydrogen) atoms. The number of nitrogens with one attached hydrogen (secondary N) is 2. The van der Waals surface area contributed by atoms with E-state index in [9.17, 15) is 9.59 Å². The topological polar surface area (TPSA) is 58.2 Å². The van der Waals surface area contributed by atoms with Crippen LogP contribution in [0.3, 0.4) is 0 Å². The van der Waals surface area contributed by atoms with E-state index in [1.807, 2.05) is 18.2 Å². The normalized spacial score (nSPS) is 16.8. The first-order chi connectivity index (χ1) is 11.1. The van der Waals surface area contributed by atoms with Crippen molar-refractivity contribution in [2.45, 2.75) is 64.5 Å². The monoisotopic (exact) mass is 316 g/mol. The minimum Gasteiger partial charge on any atom is -0.352 e. The van der Waals surface area contributed by atoms with E-state index < -0.39 is 6.04 Å². The van der Waals surface area contributed by atoms with Crippen LogP contribution in [0.25, 0.3) is 0 Å². The predicted octanol–water partition coefficient (Wildman–Crippen LogP) is 3.28. The number of amides is 2. The van der Waals surface area contributed by atoms with Crippen LogP contribution in [0.5, 0.6) is 0 Å². The van der Waals surface area contributed by atoms with Crippen molar-refractivity contribution in [1.82, 2.24) is 10.6 Å². The molecule has 0 aliphatic heterocycles. The second-order valence-corrected chi connectivity index (χ2v) is 6.87. The molecule has 0 radical (unpaired) electrons. The molecular weight excluding hydrogens is 288 g/mol. The summed E-state index contributed by atoms with van der Waals surface area (Å²) in [5, 5.41) is 6.03. The van der Waals surface area contributed by atoms with Crippen molar-refractivity contribution in [2.24, 2.45) is 5.92 Å². The molecule has 0 spiro atoms. The Morgan fingerprint density at radius 1 is 1.09 bits per heavy atom. The third-order valence-corrected chi connectivity index (χ3v) is 4.32. The maximum Gasteiger partial charge on any atom is 0.251 e. The quantitative estimate of drug-likeness (QED) is 0.846. The summed E-state index contributed by atoms with van der Waals surface area (Å²) in [4.78, 5) is 24.9. The first-order valence-corrected chi connectivity index (χ1v) is 8.72. The van der Waals surface area contributed by atoms with E-state index in [4.69, 9.17) is 0 Å². The van der Waals surface area contributed by atoms with Gasteiger partial charge in [0.15, 0.2) is 0 Å². The van der Waals surface area contributed by atoms with E-state index in [0.29, 0.717) is 17.9 Å². The van der Waals surface area contributed by atoms with Gasteiger partial charge < -0.3 is 10.6 Å². The van der Waals surface area contributed by atoms with Crippen molar-refractivity contribution in [3.8, 4) is 0 Å². The van der Waals surface area contributed by atoms with Crippen molar-refractivity contribution in [2.75, 3.05) is 0 Å². The number of carbonyl (C=O) groups excluding carboxylic acids is 2. The summed E-state index contributed by atoms with van der Waals surface area (Å²) >= 11 is 0. The van der Waals surface area contributed by atoms with Crippen LogP contribution >= 0.6 is 0 Å². The summed E-state index contributed by atoms with van der Waals surface area (Å²) in [5.41, 5.74) is 0.590. The van der Waals surface area contributed by atoms with E-state index in [-0.39, 0.29) is 17.9 Å². The maximum absolute atomic E-state index is 12.6. The standard InChI is InChI=1S/C19H28N2O2/c1-14(2)13-17(19(23)20-16-11-7-4-8-12-16)21-18(22)15-9-5-3-6-10-15/h3,5-6,9-10,14,16-17H,4,7-8,11-13H2,1-2H3,(H,20,23)(H,21,22). The number of hydrogen-bond acceptors (Lipinski definition) is 2. The van der Waals surface area contributed by atoms with E-state index in [0.717, 1.165) is 12.8 Å². The summed E-state index contributed by atoms with van der Waals surface area (Å²) in [7, 11) is 0. The van der Waals surface area contributed by atoms with Crippen molar-refractivity contribution >= 4 is 11.8 Å². The fourth-order valence-electron chi connectivity index (χ4n) is 3.08. The zero-order valence-electron chi connectivity index (χ0n) is 14.2. The Bertz CT molecular complexity index is 507. The van der Waals surface area contributed by atoms with Crippen LogP contribution < -0.4 is 10.6 Å². The van der Waals surface area contributed by atoms with Gasteiger partial charge in [-0.15, -0.1) is 0 Å². The molecule has 1 atom stereocenters.